The van der Waals surface area contributed by atoms with Crippen LogP contribution in [0.15, 0.2) is 0 Å². The summed E-state index contributed by atoms with van der Waals surface area (Å²) >= 11 is 0. The minimum absolute atomic E-state index is 0.111. The maximum absolute atomic E-state index is 10.7. The van der Waals surface area contributed by atoms with Crippen molar-refractivity contribution in [3.05, 3.63) is 0 Å². The first-order valence-electron chi connectivity index (χ1n) is 3.31. The van der Waals surface area contributed by atoms with E-state index in [0.29, 0.717) is 12.3 Å². The molecular weight excluding hydrogens is 116 g/mol. The van der Waals surface area contributed by atoms with Crippen molar-refractivity contribution in [2.75, 3.05) is 6.54 Å². The Labute approximate surface area is 54.8 Å². The molecule has 1 heterocycles. The molecule has 0 aliphatic carbocycles. The van der Waals surface area contributed by atoms with Gasteiger partial charge in [-0.1, -0.05) is 6.92 Å². The van der Waals surface area contributed by atoms with Gasteiger partial charge in [0, 0.05) is 13.0 Å². The monoisotopic (exact) mass is 128 g/mol. The maximum atomic E-state index is 10.7. The molecule has 2 N–H and O–H groups in total. The second kappa shape index (κ2) is 2.82. The van der Waals surface area contributed by atoms with Crippen LogP contribution in [-0.4, -0.2) is 12.5 Å². The largest absolute Gasteiger partial charge is 0.292 e. The van der Waals surface area contributed by atoms with Gasteiger partial charge >= 0.3 is 0 Å². The van der Waals surface area contributed by atoms with Crippen LogP contribution in [0.25, 0.3) is 0 Å². The predicted octanol–water partition coefficient (Wildman–Crippen LogP) is 0.0371. The second-order valence-corrected chi connectivity index (χ2v) is 2.57. The molecule has 3 nitrogen and oxygen atoms in total. The third-order valence-corrected chi connectivity index (χ3v) is 1.54. The summed E-state index contributed by atoms with van der Waals surface area (Å²) in [6, 6.07) is 0. The van der Waals surface area contributed by atoms with Crippen LogP contribution in [0.5, 0.6) is 0 Å². The van der Waals surface area contributed by atoms with Gasteiger partial charge in [-0.2, -0.15) is 0 Å². The third-order valence-electron chi connectivity index (χ3n) is 1.54. The minimum Gasteiger partial charge on any atom is -0.292 e. The van der Waals surface area contributed by atoms with Crippen molar-refractivity contribution >= 4 is 5.91 Å². The van der Waals surface area contributed by atoms with E-state index in [4.69, 9.17) is 0 Å². The van der Waals surface area contributed by atoms with Gasteiger partial charge in [0.25, 0.3) is 0 Å². The van der Waals surface area contributed by atoms with Gasteiger partial charge in [0.05, 0.1) is 0 Å². The number of carbonyl (C=O) groups excluding carboxylic acids is 1. The Morgan fingerprint density at radius 3 is 3.22 bits per heavy atom. The molecule has 0 spiro atoms. The molecule has 3 heteroatoms. The van der Waals surface area contributed by atoms with E-state index in [1.807, 2.05) is 0 Å². The van der Waals surface area contributed by atoms with E-state index in [9.17, 15) is 4.79 Å². The van der Waals surface area contributed by atoms with Gasteiger partial charge in [0.1, 0.15) is 0 Å². The number of amides is 1. The van der Waals surface area contributed by atoms with Crippen LogP contribution in [0.2, 0.25) is 0 Å². The van der Waals surface area contributed by atoms with Crippen molar-refractivity contribution in [3.63, 3.8) is 0 Å². The molecule has 0 saturated carbocycles. The summed E-state index contributed by atoms with van der Waals surface area (Å²) in [7, 11) is 0. The number of carbonyl (C=O) groups is 1. The van der Waals surface area contributed by atoms with Crippen LogP contribution in [0, 0.1) is 5.92 Å². The highest BCUT2D eigenvalue weighted by molar-refractivity contribution is 5.75. The zero-order valence-electron chi connectivity index (χ0n) is 5.61. The summed E-state index contributed by atoms with van der Waals surface area (Å²) in [6.45, 7) is 3.03. The van der Waals surface area contributed by atoms with Gasteiger partial charge in [-0.25, -0.2) is 5.43 Å². The van der Waals surface area contributed by atoms with Crippen LogP contribution in [0.4, 0.5) is 0 Å². The van der Waals surface area contributed by atoms with E-state index < -0.39 is 0 Å². The molecule has 0 aromatic rings. The van der Waals surface area contributed by atoms with Gasteiger partial charge in [0.15, 0.2) is 0 Å². The average Bonchev–Trinajstić information content (AvgIpc) is 1.97. The summed E-state index contributed by atoms with van der Waals surface area (Å²) < 4.78 is 0. The zero-order valence-corrected chi connectivity index (χ0v) is 5.61. The highest BCUT2D eigenvalue weighted by Crippen LogP contribution is 2.05. The summed E-state index contributed by atoms with van der Waals surface area (Å²) in [4.78, 5) is 10.7. The molecular formula is C6H12N2O. The average molecular weight is 128 g/mol. The van der Waals surface area contributed by atoms with Crippen LogP contribution in [0.1, 0.15) is 19.8 Å². The lowest BCUT2D eigenvalue weighted by molar-refractivity contribution is -0.121. The van der Waals surface area contributed by atoms with E-state index in [0.717, 1.165) is 13.0 Å². The molecule has 9 heavy (non-hydrogen) atoms. The summed E-state index contributed by atoms with van der Waals surface area (Å²) in [5.41, 5.74) is 5.43. The SMILES string of the molecule is CC1CCC(=O)NNC1. The standard InChI is InChI=1S/C6H12N2O/c1-5-2-3-6(9)8-7-4-5/h5,7H,2-4H2,1H3,(H,8,9). The topological polar surface area (TPSA) is 41.1 Å². The van der Waals surface area contributed by atoms with Crippen LogP contribution >= 0.6 is 0 Å². The lowest BCUT2D eigenvalue weighted by Crippen LogP contribution is -2.36. The van der Waals surface area contributed by atoms with E-state index in [1.54, 1.807) is 0 Å². The van der Waals surface area contributed by atoms with Crippen LogP contribution in [-0.2, 0) is 4.79 Å². The number of rotatable bonds is 0. The Balaban J connectivity index is 2.34. The molecule has 1 atom stereocenters. The Bertz CT molecular complexity index is 114. The van der Waals surface area contributed by atoms with E-state index in [1.165, 1.54) is 0 Å². The highest BCUT2D eigenvalue weighted by atomic mass is 16.2. The number of hydrogen-bond donors (Lipinski definition) is 2. The number of hydrogen-bond acceptors (Lipinski definition) is 2. The Hall–Kier alpha value is -0.570. The molecule has 1 aliphatic rings. The molecule has 52 valence electrons. The van der Waals surface area contributed by atoms with Crippen molar-refractivity contribution in [1.82, 2.24) is 10.9 Å². The fourth-order valence-electron chi connectivity index (χ4n) is 0.866. The minimum atomic E-state index is 0.111. The normalized spacial score (nSPS) is 29.0. The smallest absolute Gasteiger partial charge is 0.234 e. The Morgan fingerprint density at radius 1 is 1.67 bits per heavy atom. The van der Waals surface area contributed by atoms with Crippen molar-refractivity contribution in [2.24, 2.45) is 5.92 Å². The summed E-state index contributed by atoms with van der Waals surface area (Å²) in [5, 5.41) is 0. The summed E-state index contributed by atoms with van der Waals surface area (Å²) in [5.74, 6) is 0.725. The first-order valence-corrected chi connectivity index (χ1v) is 3.31. The van der Waals surface area contributed by atoms with E-state index in [-0.39, 0.29) is 5.91 Å². The first kappa shape index (κ1) is 6.55. The molecule has 1 fully saturated rings. The summed E-state index contributed by atoms with van der Waals surface area (Å²) in [6.07, 6.45) is 1.66. The van der Waals surface area contributed by atoms with Gasteiger partial charge in [-0.3, -0.25) is 10.2 Å². The molecule has 0 aromatic carbocycles. The zero-order chi connectivity index (χ0) is 6.69. The quantitative estimate of drug-likeness (QED) is 0.483. The van der Waals surface area contributed by atoms with Crippen molar-refractivity contribution in [2.45, 2.75) is 19.8 Å². The van der Waals surface area contributed by atoms with Gasteiger partial charge in [-0.15, -0.1) is 0 Å². The molecule has 1 rings (SSSR count). The van der Waals surface area contributed by atoms with Crippen molar-refractivity contribution in [3.8, 4) is 0 Å². The Morgan fingerprint density at radius 2 is 2.44 bits per heavy atom. The molecule has 0 bridgehead atoms. The fraction of sp³-hybridized carbons (Fsp3) is 0.833. The third kappa shape index (κ3) is 2.01. The van der Waals surface area contributed by atoms with E-state index in [2.05, 4.69) is 17.8 Å². The van der Waals surface area contributed by atoms with Gasteiger partial charge < -0.3 is 0 Å². The molecule has 1 saturated heterocycles. The highest BCUT2D eigenvalue weighted by Gasteiger charge is 2.10. The molecule has 1 amide bonds. The molecule has 1 unspecified atom stereocenters. The lowest BCUT2D eigenvalue weighted by Gasteiger charge is -2.03. The maximum Gasteiger partial charge on any atom is 0.234 e. The molecule has 1 aliphatic heterocycles. The van der Waals surface area contributed by atoms with Gasteiger partial charge in [-0.05, 0) is 12.3 Å². The fourth-order valence-corrected chi connectivity index (χ4v) is 0.866. The number of hydrazine groups is 1. The van der Waals surface area contributed by atoms with Crippen LogP contribution < -0.4 is 10.9 Å². The number of nitrogens with one attached hydrogen (secondary N) is 2. The van der Waals surface area contributed by atoms with Crippen molar-refractivity contribution in [1.29, 1.82) is 0 Å². The predicted molar refractivity (Wildman–Crippen MR) is 34.5 cm³/mol. The first-order chi connectivity index (χ1) is 4.29. The van der Waals surface area contributed by atoms with Gasteiger partial charge in [0.2, 0.25) is 5.91 Å². The molecule has 0 aromatic heterocycles. The molecule has 0 radical (unpaired) electrons. The van der Waals surface area contributed by atoms with Crippen molar-refractivity contribution < 1.29 is 4.79 Å². The second-order valence-electron chi connectivity index (χ2n) is 2.57. The lowest BCUT2D eigenvalue weighted by atomic mass is 10.1. The Kier molecular flexibility index (Phi) is 2.05. The van der Waals surface area contributed by atoms with E-state index >= 15 is 0 Å². The van der Waals surface area contributed by atoms with Crippen LogP contribution in [0.3, 0.4) is 0 Å².